The lowest BCUT2D eigenvalue weighted by Crippen LogP contribution is -2.33. The lowest BCUT2D eigenvalue weighted by molar-refractivity contribution is -0.119. The van der Waals surface area contributed by atoms with Gasteiger partial charge in [-0.25, -0.2) is 0 Å². The molecule has 116 valence electrons. The van der Waals surface area contributed by atoms with Crippen LogP contribution < -0.4 is 0 Å². The molecule has 0 aromatic heterocycles. The van der Waals surface area contributed by atoms with Crippen molar-refractivity contribution in [3.63, 3.8) is 0 Å². The molecule has 2 nitrogen and oxygen atoms in total. The maximum atomic E-state index is 11.6. The van der Waals surface area contributed by atoms with Crippen LogP contribution in [0.3, 0.4) is 0 Å². The number of hydrogen-bond acceptors (Lipinski definition) is 2. The van der Waals surface area contributed by atoms with Crippen LogP contribution in [-0.2, 0) is 4.79 Å². The smallest absolute Gasteiger partial charge is 0.139 e. The first-order chi connectivity index (χ1) is 9.39. The van der Waals surface area contributed by atoms with Gasteiger partial charge in [-0.15, -0.1) is 8.58 Å². The molecule has 0 bridgehead atoms. The molecule has 2 atom stereocenters. The normalized spacial score (nSPS) is 14.7. The second kappa shape index (κ2) is 12.1. The van der Waals surface area contributed by atoms with Crippen LogP contribution in [0.4, 0.5) is 0 Å². The molecular formula is C17H32NOP. The van der Waals surface area contributed by atoms with E-state index in [0.717, 1.165) is 25.1 Å². The minimum atomic E-state index is -0.162. The van der Waals surface area contributed by atoms with Gasteiger partial charge in [0.15, 0.2) is 0 Å². The summed E-state index contributed by atoms with van der Waals surface area (Å²) in [6.45, 7) is 19.1. The Hall–Kier alpha value is -0.720. The van der Waals surface area contributed by atoms with Crippen LogP contribution >= 0.6 is 8.58 Å². The minimum absolute atomic E-state index is 0.162. The maximum Gasteiger partial charge on any atom is 0.139 e. The predicted molar refractivity (Wildman–Crippen MR) is 95.3 cm³/mol. The Morgan fingerprint density at radius 2 is 1.90 bits per heavy atom. The summed E-state index contributed by atoms with van der Waals surface area (Å²) in [7, 11) is 2.72. The molecule has 0 rings (SSSR count). The van der Waals surface area contributed by atoms with E-state index in [1.54, 1.807) is 13.0 Å². The van der Waals surface area contributed by atoms with Crippen molar-refractivity contribution >= 4 is 14.4 Å². The quantitative estimate of drug-likeness (QED) is 0.467. The van der Waals surface area contributed by atoms with Crippen LogP contribution in [0.2, 0.25) is 0 Å². The molecule has 0 saturated heterocycles. The fourth-order valence-corrected chi connectivity index (χ4v) is 2.33. The van der Waals surface area contributed by atoms with Crippen molar-refractivity contribution in [3.8, 4) is 0 Å². The van der Waals surface area contributed by atoms with Gasteiger partial charge in [-0.2, -0.15) is 0 Å². The highest BCUT2D eigenvalue weighted by Crippen LogP contribution is 2.32. The third kappa shape index (κ3) is 8.45. The van der Waals surface area contributed by atoms with E-state index in [0.29, 0.717) is 14.4 Å². The Balaban J connectivity index is 0. The van der Waals surface area contributed by atoms with Gasteiger partial charge in [-0.3, -0.25) is 4.79 Å². The molecular weight excluding hydrogens is 265 g/mol. The highest BCUT2D eigenvalue weighted by atomic mass is 31.1. The van der Waals surface area contributed by atoms with Crippen molar-refractivity contribution in [3.05, 3.63) is 37.0 Å². The van der Waals surface area contributed by atoms with Crippen LogP contribution in [0.1, 0.15) is 34.1 Å². The SMILES string of the molecule is C=C/C=C(\C=C)CN(C)CCC(C)(PC)C(C)=O.CC. The fourth-order valence-electron chi connectivity index (χ4n) is 1.62. The number of likely N-dealkylation sites (N-methyl/N-ethyl adjacent to an activating group) is 1. The predicted octanol–water partition coefficient (Wildman–Crippen LogP) is 4.29. The molecule has 0 amide bonds. The zero-order valence-electron chi connectivity index (χ0n) is 14.1. The molecule has 0 aliphatic carbocycles. The van der Waals surface area contributed by atoms with Crippen LogP contribution in [0.25, 0.3) is 0 Å². The highest BCUT2D eigenvalue weighted by molar-refractivity contribution is 7.40. The number of carbonyl (C=O) groups is 1. The summed E-state index contributed by atoms with van der Waals surface area (Å²) < 4.78 is 0. The third-order valence-electron chi connectivity index (χ3n) is 3.37. The summed E-state index contributed by atoms with van der Waals surface area (Å²) in [5.41, 5.74) is 1.15. The van der Waals surface area contributed by atoms with E-state index in [1.165, 1.54) is 0 Å². The van der Waals surface area contributed by atoms with Gasteiger partial charge in [0.05, 0.1) is 0 Å². The summed E-state index contributed by atoms with van der Waals surface area (Å²) in [4.78, 5) is 13.9. The van der Waals surface area contributed by atoms with Crippen LogP contribution in [-0.4, -0.2) is 42.6 Å². The van der Waals surface area contributed by atoms with Gasteiger partial charge in [0.2, 0.25) is 0 Å². The average Bonchev–Trinajstić information content (AvgIpc) is 2.46. The van der Waals surface area contributed by atoms with Crippen molar-refractivity contribution in [2.45, 2.75) is 39.3 Å². The average molecular weight is 297 g/mol. The number of ketones is 1. The lowest BCUT2D eigenvalue weighted by Gasteiger charge is -2.28. The van der Waals surface area contributed by atoms with E-state index in [4.69, 9.17) is 0 Å². The summed E-state index contributed by atoms with van der Waals surface area (Å²) in [5, 5.41) is -0.162. The molecule has 0 aromatic carbocycles. The summed E-state index contributed by atoms with van der Waals surface area (Å²) in [5.74, 6) is 0.294. The van der Waals surface area contributed by atoms with Gasteiger partial charge in [0.1, 0.15) is 5.78 Å². The van der Waals surface area contributed by atoms with E-state index < -0.39 is 0 Å². The van der Waals surface area contributed by atoms with Crippen molar-refractivity contribution in [1.82, 2.24) is 4.90 Å². The molecule has 0 heterocycles. The van der Waals surface area contributed by atoms with Gasteiger partial charge < -0.3 is 4.90 Å². The number of Topliss-reactive ketones (excluding diaryl/α,β-unsaturated/α-hetero) is 1. The second-order valence-electron chi connectivity index (χ2n) is 4.81. The largest absolute Gasteiger partial charge is 0.302 e. The van der Waals surface area contributed by atoms with Crippen LogP contribution in [0.15, 0.2) is 37.0 Å². The molecule has 0 spiro atoms. The second-order valence-corrected chi connectivity index (χ2v) is 6.41. The zero-order valence-corrected chi connectivity index (χ0v) is 15.1. The van der Waals surface area contributed by atoms with E-state index in [2.05, 4.69) is 38.7 Å². The molecule has 0 aliphatic heterocycles. The standard InChI is InChI=1S/C15H26NOP.C2H6/c1-7-9-14(8-2)12-16(5)11-10-15(4,18-6)13(3)17;1-2/h7-9,18H,1-2,10-12H2,3-6H3;1-2H3/b14-9+;. The number of carbonyl (C=O) groups excluding carboxylic acids is 1. The Labute approximate surface area is 127 Å². The monoisotopic (exact) mass is 297 g/mol. The number of allylic oxidation sites excluding steroid dienone is 2. The van der Waals surface area contributed by atoms with Gasteiger partial charge in [0.25, 0.3) is 0 Å². The first-order valence-corrected chi connectivity index (χ1v) is 8.72. The summed E-state index contributed by atoms with van der Waals surface area (Å²) >= 11 is 0. The van der Waals surface area contributed by atoms with Crippen molar-refractivity contribution in [2.75, 3.05) is 26.8 Å². The van der Waals surface area contributed by atoms with Crippen LogP contribution in [0, 0.1) is 0 Å². The van der Waals surface area contributed by atoms with Crippen molar-refractivity contribution in [2.24, 2.45) is 0 Å². The van der Waals surface area contributed by atoms with Gasteiger partial charge in [-0.1, -0.05) is 45.2 Å². The zero-order chi connectivity index (χ0) is 16.2. The molecule has 0 N–H and O–H groups in total. The number of rotatable bonds is 9. The first kappa shape index (κ1) is 21.6. The summed E-state index contributed by atoms with van der Waals surface area (Å²) in [6, 6.07) is 0. The van der Waals surface area contributed by atoms with E-state index in [9.17, 15) is 4.79 Å². The number of nitrogens with zero attached hydrogens (tertiary/aromatic N) is 1. The van der Waals surface area contributed by atoms with Crippen LogP contribution in [0.5, 0.6) is 0 Å². The molecule has 0 saturated carbocycles. The molecule has 0 fully saturated rings. The Morgan fingerprint density at radius 1 is 1.35 bits per heavy atom. The van der Waals surface area contributed by atoms with Crippen molar-refractivity contribution < 1.29 is 4.79 Å². The highest BCUT2D eigenvalue weighted by Gasteiger charge is 2.27. The molecule has 2 unspecified atom stereocenters. The topological polar surface area (TPSA) is 20.3 Å². The van der Waals surface area contributed by atoms with Gasteiger partial charge in [-0.05, 0) is 46.1 Å². The fraction of sp³-hybridized carbons (Fsp3) is 0.588. The van der Waals surface area contributed by atoms with Gasteiger partial charge >= 0.3 is 0 Å². The van der Waals surface area contributed by atoms with Gasteiger partial charge in [0, 0.05) is 11.7 Å². The molecule has 0 aliphatic rings. The van der Waals surface area contributed by atoms with E-state index in [1.807, 2.05) is 26.0 Å². The molecule has 20 heavy (non-hydrogen) atoms. The third-order valence-corrected chi connectivity index (χ3v) is 5.07. The molecule has 0 aromatic rings. The molecule has 0 radical (unpaired) electrons. The molecule has 3 heteroatoms. The minimum Gasteiger partial charge on any atom is -0.302 e. The lowest BCUT2D eigenvalue weighted by atomic mass is 10.0. The van der Waals surface area contributed by atoms with E-state index >= 15 is 0 Å². The maximum absolute atomic E-state index is 11.6. The Bertz CT molecular complexity index is 336. The first-order valence-electron chi connectivity index (χ1n) is 7.22. The van der Waals surface area contributed by atoms with Crippen molar-refractivity contribution in [1.29, 1.82) is 0 Å². The summed E-state index contributed by atoms with van der Waals surface area (Å²) in [6.07, 6.45) is 6.50. The Kier molecular flexibility index (Phi) is 13.0. The van der Waals surface area contributed by atoms with E-state index in [-0.39, 0.29) is 5.16 Å². The Morgan fingerprint density at radius 3 is 2.25 bits per heavy atom. The number of hydrogen-bond donors (Lipinski definition) is 0.